The summed E-state index contributed by atoms with van der Waals surface area (Å²) in [5.74, 6) is -0.892. The van der Waals surface area contributed by atoms with Gasteiger partial charge in [0.05, 0.1) is 5.69 Å². The van der Waals surface area contributed by atoms with Crippen LogP contribution in [0.4, 0.5) is 29.7 Å². The summed E-state index contributed by atoms with van der Waals surface area (Å²) >= 11 is 0. The minimum atomic E-state index is -0.602. The Labute approximate surface area is 124 Å². The lowest BCUT2D eigenvalue weighted by molar-refractivity contribution is 0.231. The second kappa shape index (κ2) is 5.44. The molecule has 0 radical (unpaired) electrons. The number of hydrogen-bond acceptors (Lipinski definition) is 2. The van der Waals surface area contributed by atoms with Crippen LogP contribution in [0.3, 0.4) is 0 Å². The molecule has 0 spiro atoms. The minimum Gasteiger partial charge on any atom is -0.319 e. The highest BCUT2D eigenvalue weighted by atomic mass is 19.1. The number of carbonyl (C=O) groups excluding carboxylic acids is 2. The quantitative estimate of drug-likeness (QED) is 0.927. The molecule has 2 aromatic carbocycles. The number of urea groups is 2. The van der Waals surface area contributed by atoms with Crippen LogP contribution in [-0.2, 0) is 0 Å². The predicted octanol–water partition coefficient (Wildman–Crippen LogP) is 3.08. The molecule has 112 valence electrons. The molecule has 22 heavy (non-hydrogen) atoms. The lowest BCUT2D eigenvalue weighted by Crippen LogP contribution is -2.60. The van der Waals surface area contributed by atoms with Crippen LogP contribution >= 0.6 is 0 Å². The van der Waals surface area contributed by atoms with Gasteiger partial charge in [0.2, 0.25) is 0 Å². The summed E-state index contributed by atoms with van der Waals surface area (Å²) in [5.41, 5.74) is 0.689. The topological polar surface area (TPSA) is 52.7 Å². The molecule has 0 aromatic heterocycles. The van der Waals surface area contributed by atoms with Gasteiger partial charge in [-0.3, -0.25) is 4.90 Å². The summed E-state index contributed by atoms with van der Waals surface area (Å²) in [6.07, 6.45) is 0. The zero-order valence-electron chi connectivity index (χ0n) is 11.3. The first-order valence-corrected chi connectivity index (χ1v) is 6.47. The molecule has 2 aromatic rings. The third-order valence-electron chi connectivity index (χ3n) is 3.24. The third kappa shape index (κ3) is 2.48. The van der Waals surface area contributed by atoms with Crippen LogP contribution in [0.2, 0.25) is 0 Å². The molecule has 0 atom stereocenters. The fourth-order valence-corrected chi connectivity index (χ4v) is 2.14. The average molecular weight is 303 g/mol. The Kier molecular flexibility index (Phi) is 3.46. The molecule has 1 aliphatic rings. The second-order valence-corrected chi connectivity index (χ2v) is 4.64. The Morgan fingerprint density at radius 1 is 0.818 bits per heavy atom. The van der Waals surface area contributed by atoms with Crippen LogP contribution in [0.5, 0.6) is 0 Å². The number of halogens is 2. The fraction of sp³-hybridized carbons (Fsp3) is 0.0667. The molecule has 1 fully saturated rings. The molecule has 0 aliphatic carbocycles. The summed E-state index contributed by atoms with van der Waals surface area (Å²) in [5, 5.41) is 2.54. The van der Waals surface area contributed by atoms with Crippen molar-refractivity contribution in [3.8, 4) is 0 Å². The van der Waals surface area contributed by atoms with E-state index in [0.29, 0.717) is 5.69 Å². The van der Waals surface area contributed by atoms with Gasteiger partial charge in [-0.25, -0.2) is 23.3 Å². The van der Waals surface area contributed by atoms with Crippen LogP contribution in [0, 0.1) is 11.6 Å². The number of amides is 4. The van der Waals surface area contributed by atoms with Crippen molar-refractivity contribution < 1.29 is 18.4 Å². The summed E-state index contributed by atoms with van der Waals surface area (Å²) in [4.78, 5) is 26.6. The molecular formula is C15H11F2N3O2. The van der Waals surface area contributed by atoms with E-state index in [-0.39, 0.29) is 12.4 Å². The Hall–Kier alpha value is -2.96. The van der Waals surface area contributed by atoms with E-state index in [2.05, 4.69) is 5.32 Å². The van der Waals surface area contributed by atoms with Gasteiger partial charge >= 0.3 is 12.1 Å². The van der Waals surface area contributed by atoms with E-state index in [1.165, 1.54) is 41.3 Å². The fourth-order valence-electron chi connectivity index (χ4n) is 2.14. The van der Waals surface area contributed by atoms with E-state index in [0.717, 1.165) is 17.0 Å². The Morgan fingerprint density at radius 3 is 1.86 bits per heavy atom. The number of rotatable bonds is 2. The van der Waals surface area contributed by atoms with Crippen LogP contribution in [0.15, 0.2) is 48.5 Å². The highest BCUT2D eigenvalue weighted by Gasteiger charge is 2.33. The van der Waals surface area contributed by atoms with Crippen molar-refractivity contribution in [2.45, 2.75) is 0 Å². The first-order valence-electron chi connectivity index (χ1n) is 6.47. The molecule has 5 nitrogen and oxygen atoms in total. The van der Waals surface area contributed by atoms with Gasteiger partial charge in [0, 0.05) is 5.69 Å². The van der Waals surface area contributed by atoms with Gasteiger partial charge in [0.15, 0.2) is 0 Å². The van der Waals surface area contributed by atoms with E-state index in [1.807, 2.05) is 0 Å². The van der Waals surface area contributed by atoms with Crippen molar-refractivity contribution in [1.29, 1.82) is 0 Å². The Morgan fingerprint density at radius 2 is 1.32 bits per heavy atom. The minimum absolute atomic E-state index is 0.0268. The number of nitrogens with one attached hydrogen (secondary N) is 1. The lowest BCUT2D eigenvalue weighted by atomic mass is 10.2. The molecule has 0 saturated carbocycles. The number of hydrogen-bond donors (Lipinski definition) is 1. The largest absolute Gasteiger partial charge is 0.338 e. The molecule has 1 aliphatic heterocycles. The molecule has 4 amide bonds. The third-order valence-corrected chi connectivity index (χ3v) is 3.24. The second-order valence-electron chi connectivity index (χ2n) is 4.64. The zero-order valence-corrected chi connectivity index (χ0v) is 11.3. The summed E-state index contributed by atoms with van der Waals surface area (Å²) in [7, 11) is 0. The number of nitrogens with zero attached hydrogens (tertiary/aromatic N) is 2. The number of anilines is 2. The maximum atomic E-state index is 13.0. The Bertz CT molecular complexity index is 717. The number of benzene rings is 2. The molecule has 0 unspecified atom stereocenters. The van der Waals surface area contributed by atoms with E-state index < -0.39 is 23.7 Å². The maximum Gasteiger partial charge on any atom is 0.338 e. The van der Waals surface area contributed by atoms with Gasteiger partial charge in [0.1, 0.15) is 18.3 Å². The molecule has 1 heterocycles. The summed E-state index contributed by atoms with van der Waals surface area (Å²) < 4.78 is 26.0. The Balaban J connectivity index is 1.93. The van der Waals surface area contributed by atoms with Crippen molar-refractivity contribution >= 4 is 23.4 Å². The molecule has 7 heteroatoms. The van der Waals surface area contributed by atoms with E-state index in [9.17, 15) is 18.4 Å². The van der Waals surface area contributed by atoms with Crippen molar-refractivity contribution in [1.82, 2.24) is 5.32 Å². The van der Waals surface area contributed by atoms with Gasteiger partial charge in [-0.05, 0) is 48.5 Å². The van der Waals surface area contributed by atoms with Gasteiger partial charge in [-0.2, -0.15) is 0 Å². The average Bonchev–Trinajstić information content (AvgIpc) is 2.51. The molecule has 0 bridgehead atoms. The maximum absolute atomic E-state index is 13.0. The zero-order chi connectivity index (χ0) is 15.7. The van der Waals surface area contributed by atoms with Gasteiger partial charge in [0.25, 0.3) is 0 Å². The summed E-state index contributed by atoms with van der Waals surface area (Å²) in [6, 6.07) is 9.11. The smallest absolute Gasteiger partial charge is 0.319 e. The van der Waals surface area contributed by atoms with Gasteiger partial charge in [-0.1, -0.05) is 0 Å². The highest BCUT2D eigenvalue weighted by Crippen LogP contribution is 2.23. The summed E-state index contributed by atoms with van der Waals surface area (Å²) in [6.45, 7) is -0.0268. The van der Waals surface area contributed by atoms with Crippen LogP contribution in [-0.4, -0.2) is 18.7 Å². The molecular weight excluding hydrogens is 292 g/mol. The van der Waals surface area contributed by atoms with E-state index in [4.69, 9.17) is 0 Å². The monoisotopic (exact) mass is 303 g/mol. The molecule has 1 N–H and O–H groups in total. The predicted molar refractivity (Wildman–Crippen MR) is 76.6 cm³/mol. The number of imide groups is 1. The molecule has 1 saturated heterocycles. The first kappa shape index (κ1) is 14.0. The van der Waals surface area contributed by atoms with Crippen LogP contribution in [0.25, 0.3) is 0 Å². The van der Waals surface area contributed by atoms with Crippen LogP contribution in [0.1, 0.15) is 0 Å². The highest BCUT2D eigenvalue weighted by molar-refractivity contribution is 6.20. The molecule has 3 rings (SSSR count). The van der Waals surface area contributed by atoms with E-state index in [1.54, 1.807) is 0 Å². The van der Waals surface area contributed by atoms with Gasteiger partial charge in [-0.15, -0.1) is 0 Å². The lowest BCUT2D eigenvalue weighted by Gasteiger charge is -2.34. The number of carbonyl (C=O) groups is 2. The SMILES string of the molecule is O=C1NCN(c2ccc(F)cc2)C(=O)N1c1ccc(F)cc1. The van der Waals surface area contributed by atoms with Crippen LogP contribution < -0.4 is 15.1 Å². The van der Waals surface area contributed by atoms with Crippen molar-refractivity contribution in [3.63, 3.8) is 0 Å². The standard InChI is InChI=1S/C15H11F2N3O2/c16-10-1-5-12(6-2-10)19-9-18-14(21)20(15(19)22)13-7-3-11(17)4-8-13/h1-8H,9H2,(H,18,21). The van der Waals surface area contributed by atoms with Gasteiger partial charge < -0.3 is 5.32 Å². The normalized spacial score (nSPS) is 15.0. The van der Waals surface area contributed by atoms with Crippen molar-refractivity contribution in [2.75, 3.05) is 16.5 Å². The van der Waals surface area contributed by atoms with E-state index >= 15 is 0 Å². The van der Waals surface area contributed by atoms with Crippen molar-refractivity contribution in [2.24, 2.45) is 0 Å². The van der Waals surface area contributed by atoms with Crippen molar-refractivity contribution in [3.05, 3.63) is 60.2 Å². The first-order chi connectivity index (χ1) is 10.6.